The zero-order valence-electron chi connectivity index (χ0n) is 14.2. The average Bonchev–Trinajstić information content (AvgIpc) is 3.07. The van der Waals surface area contributed by atoms with E-state index in [1.165, 1.54) is 11.8 Å². The fourth-order valence-electron chi connectivity index (χ4n) is 2.23. The SMILES string of the molecule is COc1ccc(C=NN=C2NC(=O)CS2)cc1OCc1c(Cl)cccc1Cl. The van der Waals surface area contributed by atoms with Crippen molar-refractivity contribution in [2.45, 2.75) is 6.61 Å². The van der Waals surface area contributed by atoms with Gasteiger partial charge in [-0.1, -0.05) is 41.0 Å². The van der Waals surface area contributed by atoms with Gasteiger partial charge in [-0.2, -0.15) is 5.10 Å². The average molecular weight is 424 g/mol. The normalized spacial score (nSPS) is 15.4. The molecule has 27 heavy (non-hydrogen) atoms. The van der Waals surface area contributed by atoms with Crippen LogP contribution in [0.2, 0.25) is 10.0 Å². The number of halogens is 2. The van der Waals surface area contributed by atoms with Crippen molar-refractivity contribution in [3.63, 3.8) is 0 Å². The number of hydrogen-bond acceptors (Lipinski definition) is 6. The number of rotatable bonds is 6. The van der Waals surface area contributed by atoms with E-state index in [1.54, 1.807) is 43.7 Å². The second-order valence-electron chi connectivity index (χ2n) is 5.39. The van der Waals surface area contributed by atoms with Crippen LogP contribution in [0, 0.1) is 0 Å². The van der Waals surface area contributed by atoms with Crippen LogP contribution < -0.4 is 14.8 Å². The minimum Gasteiger partial charge on any atom is -0.493 e. The summed E-state index contributed by atoms with van der Waals surface area (Å²) in [5, 5.41) is 12.1. The molecule has 6 nitrogen and oxygen atoms in total. The van der Waals surface area contributed by atoms with Crippen LogP contribution in [0.25, 0.3) is 0 Å². The highest BCUT2D eigenvalue weighted by Gasteiger charge is 2.16. The van der Waals surface area contributed by atoms with Crippen molar-refractivity contribution in [1.29, 1.82) is 0 Å². The zero-order valence-corrected chi connectivity index (χ0v) is 16.6. The Kier molecular flexibility index (Phi) is 6.60. The molecular weight excluding hydrogens is 409 g/mol. The van der Waals surface area contributed by atoms with Gasteiger partial charge in [-0.05, 0) is 35.9 Å². The molecule has 0 radical (unpaired) electrons. The van der Waals surface area contributed by atoms with Gasteiger partial charge in [-0.15, -0.1) is 5.10 Å². The summed E-state index contributed by atoms with van der Waals surface area (Å²) in [6, 6.07) is 10.6. The lowest BCUT2D eigenvalue weighted by molar-refractivity contribution is -0.116. The Hall–Kier alpha value is -2.22. The van der Waals surface area contributed by atoms with Crippen molar-refractivity contribution in [3.05, 3.63) is 57.6 Å². The van der Waals surface area contributed by atoms with Gasteiger partial charge in [0.05, 0.1) is 19.1 Å². The molecule has 2 aromatic carbocycles. The van der Waals surface area contributed by atoms with E-state index in [2.05, 4.69) is 15.5 Å². The van der Waals surface area contributed by atoms with Gasteiger partial charge in [0.2, 0.25) is 5.91 Å². The van der Waals surface area contributed by atoms with Crippen molar-refractivity contribution in [2.75, 3.05) is 12.9 Å². The van der Waals surface area contributed by atoms with Gasteiger partial charge in [0, 0.05) is 15.6 Å². The summed E-state index contributed by atoms with van der Waals surface area (Å²) in [6.45, 7) is 0.195. The van der Waals surface area contributed by atoms with E-state index in [-0.39, 0.29) is 12.5 Å². The van der Waals surface area contributed by atoms with Crippen LogP contribution in [-0.2, 0) is 11.4 Å². The minimum absolute atomic E-state index is 0.0766. The van der Waals surface area contributed by atoms with E-state index >= 15 is 0 Å². The Bertz CT molecular complexity index is 898. The van der Waals surface area contributed by atoms with Gasteiger partial charge in [-0.25, -0.2) is 0 Å². The molecule has 140 valence electrons. The van der Waals surface area contributed by atoms with Crippen LogP contribution in [0.5, 0.6) is 11.5 Å². The molecule has 0 spiro atoms. The van der Waals surface area contributed by atoms with Crippen LogP contribution in [0.4, 0.5) is 0 Å². The summed E-state index contributed by atoms with van der Waals surface area (Å²) in [7, 11) is 1.56. The molecule has 1 saturated heterocycles. The number of nitrogens with one attached hydrogen (secondary N) is 1. The van der Waals surface area contributed by atoms with Gasteiger partial charge in [0.15, 0.2) is 16.7 Å². The predicted molar refractivity (Wildman–Crippen MR) is 109 cm³/mol. The molecule has 0 unspecified atom stereocenters. The first-order valence-corrected chi connectivity index (χ1v) is 9.58. The number of nitrogens with zero attached hydrogens (tertiary/aromatic N) is 2. The maximum absolute atomic E-state index is 11.1. The van der Waals surface area contributed by atoms with Crippen molar-refractivity contribution in [2.24, 2.45) is 10.2 Å². The zero-order chi connectivity index (χ0) is 19.2. The molecule has 0 aromatic heterocycles. The van der Waals surface area contributed by atoms with Gasteiger partial charge < -0.3 is 14.8 Å². The van der Waals surface area contributed by atoms with Crippen LogP contribution >= 0.6 is 35.0 Å². The van der Waals surface area contributed by atoms with E-state index < -0.39 is 0 Å². The van der Waals surface area contributed by atoms with E-state index in [1.807, 2.05) is 6.07 Å². The molecule has 1 amide bonds. The Labute approximate surface area is 170 Å². The number of benzene rings is 2. The number of amides is 1. The maximum atomic E-state index is 11.1. The number of hydrogen-bond donors (Lipinski definition) is 1. The quantitative estimate of drug-likeness (QED) is 0.559. The summed E-state index contributed by atoms with van der Waals surface area (Å²) in [5.74, 6) is 1.38. The topological polar surface area (TPSA) is 72.3 Å². The van der Waals surface area contributed by atoms with Gasteiger partial charge in [-0.3, -0.25) is 4.79 Å². The molecule has 9 heteroatoms. The molecule has 0 atom stereocenters. The van der Waals surface area contributed by atoms with Gasteiger partial charge in [0.1, 0.15) is 6.61 Å². The van der Waals surface area contributed by atoms with Crippen molar-refractivity contribution >= 4 is 52.3 Å². The summed E-state index contributed by atoms with van der Waals surface area (Å²) in [6.07, 6.45) is 1.56. The van der Waals surface area contributed by atoms with Crippen LogP contribution in [0.3, 0.4) is 0 Å². The van der Waals surface area contributed by atoms with Crippen LogP contribution in [-0.4, -0.2) is 30.2 Å². The Balaban J connectivity index is 1.74. The first-order valence-electron chi connectivity index (χ1n) is 7.84. The third-order valence-electron chi connectivity index (χ3n) is 3.56. The Morgan fingerprint density at radius 2 is 2.00 bits per heavy atom. The number of amidine groups is 1. The van der Waals surface area contributed by atoms with E-state index in [4.69, 9.17) is 32.7 Å². The molecule has 1 heterocycles. The standard InChI is InChI=1S/C18H15Cl2N3O3S/c1-25-15-6-5-11(8-21-23-18-22-17(24)10-27-18)7-16(15)26-9-12-13(19)3-2-4-14(12)20/h2-8H,9-10H2,1H3,(H,22,23,24). The number of ether oxygens (including phenoxy) is 2. The first kappa shape index (κ1) is 19.5. The number of methoxy groups -OCH3 is 1. The van der Waals surface area contributed by atoms with E-state index in [0.717, 1.165) is 5.56 Å². The van der Waals surface area contributed by atoms with Crippen LogP contribution in [0.15, 0.2) is 46.6 Å². The molecule has 1 aliphatic rings. The highest BCUT2D eigenvalue weighted by atomic mass is 35.5. The molecule has 1 fully saturated rings. The summed E-state index contributed by atoms with van der Waals surface area (Å²) >= 11 is 13.7. The maximum Gasteiger partial charge on any atom is 0.236 e. The lowest BCUT2D eigenvalue weighted by Gasteiger charge is -2.13. The molecule has 1 aliphatic heterocycles. The molecule has 0 aliphatic carbocycles. The minimum atomic E-state index is -0.0766. The Morgan fingerprint density at radius 1 is 1.22 bits per heavy atom. The second kappa shape index (κ2) is 9.12. The number of thioether (sulfide) groups is 1. The van der Waals surface area contributed by atoms with Gasteiger partial charge in [0.25, 0.3) is 0 Å². The molecule has 2 aromatic rings. The Morgan fingerprint density at radius 3 is 2.67 bits per heavy atom. The number of carbonyl (C=O) groups is 1. The third-order valence-corrected chi connectivity index (χ3v) is 5.13. The lowest BCUT2D eigenvalue weighted by Crippen LogP contribution is -2.19. The highest BCUT2D eigenvalue weighted by molar-refractivity contribution is 8.15. The van der Waals surface area contributed by atoms with Crippen LogP contribution in [0.1, 0.15) is 11.1 Å². The molecule has 3 rings (SSSR count). The van der Waals surface area contributed by atoms with Crippen molar-refractivity contribution in [1.82, 2.24) is 5.32 Å². The van der Waals surface area contributed by atoms with Gasteiger partial charge >= 0.3 is 0 Å². The number of carbonyl (C=O) groups excluding carboxylic acids is 1. The highest BCUT2D eigenvalue weighted by Crippen LogP contribution is 2.31. The monoisotopic (exact) mass is 423 g/mol. The van der Waals surface area contributed by atoms with Crippen molar-refractivity contribution in [3.8, 4) is 11.5 Å². The first-order chi connectivity index (χ1) is 13.1. The summed E-state index contributed by atoms with van der Waals surface area (Å²) in [4.78, 5) is 11.1. The molecule has 1 N–H and O–H groups in total. The van der Waals surface area contributed by atoms with E-state index in [0.29, 0.717) is 38.0 Å². The largest absolute Gasteiger partial charge is 0.493 e. The molecule has 0 bridgehead atoms. The summed E-state index contributed by atoms with van der Waals surface area (Å²) in [5.41, 5.74) is 1.46. The summed E-state index contributed by atoms with van der Waals surface area (Å²) < 4.78 is 11.2. The molecular formula is C18H15Cl2N3O3S. The fourth-order valence-corrected chi connectivity index (χ4v) is 3.37. The second-order valence-corrected chi connectivity index (χ2v) is 7.16. The smallest absolute Gasteiger partial charge is 0.236 e. The third kappa shape index (κ3) is 5.15. The molecule has 0 saturated carbocycles. The fraction of sp³-hybridized carbons (Fsp3) is 0.167. The van der Waals surface area contributed by atoms with Crippen molar-refractivity contribution < 1.29 is 14.3 Å². The van der Waals surface area contributed by atoms with E-state index in [9.17, 15) is 4.79 Å². The lowest BCUT2D eigenvalue weighted by atomic mass is 10.2. The predicted octanol–water partition coefficient (Wildman–Crippen LogP) is 4.13.